The summed E-state index contributed by atoms with van der Waals surface area (Å²) in [6.45, 7) is 0. The second-order valence-electron chi connectivity index (χ2n) is 3.59. The van der Waals surface area contributed by atoms with Crippen LogP contribution in [0, 0.1) is 0 Å². The lowest BCUT2D eigenvalue weighted by Gasteiger charge is -2.11. The highest BCUT2D eigenvalue weighted by Gasteiger charge is 2.29. The number of carbonyl (C=O) groups excluding carboxylic acids is 1. The predicted molar refractivity (Wildman–Crippen MR) is 46.9 cm³/mol. The fourth-order valence-electron chi connectivity index (χ4n) is 1.90. The largest absolute Gasteiger partial charge is 0.544 e. The van der Waals surface area contributed by atoms with Crippen LogP contribution in [0.4, 0.5) is 0 Å². The van der Waals surface area contributed by atoms with Gasteiger partial charge in [-0.25, -0.2) is 0 Å². The summed E-state index contributed by atoms with van der Waals surface area (Å²) in [5, 5.41) is 12.5. The van der Waals surface area contributed by atoms with Gasteiger partial charge in [-0.1, -0.05) is 6.07 Å². The number of carbonyl (C=O) groups is 1. The molecule has 2 atom stereocenters. The molecule has 2 rings (SSSR count). The normalized spacial score (nSPS) is 26.3. The van der Waals surface area contributed by atoms with Crippen LogP contribution in [0.25, 0.3) is 0 Å². The minimum atomic E-state index is -0.962. The summed E-state index contributed by atoms with van der Waals surface area (Å²) >= 11 is 0. The third-order valence-electron chi connectivity index (χ3n) is 2.67. The molecule has 0 aliphatic carbocycles. The first-order valence-corrected chi connectivity index (χ1v) is 4.73. The summed E-state index contributed by atoms with van der Waals surface area (Å²) in [6, 6.07) is 3.69. The number of quaternary nitrogens is 1. The van der Waals surface area contributed by atoms with Crippen molar-refractivity contribution in [3.05, 3.63) is 30.1 Å². The van der Waals surface area contributed by atoms with E-state index in [9.17, 15) is 9.90 Å². The lowest BCUT2D eigenvalue weighted by molar-refractivity contribution is -0.701. The molecule has 14 heavy (non-hydrogen) atoms. The number of rotatable bonds is 2. The Labute approximate surface area is 82.0 Å². The molecule has 0 amide bonds. The Morgan fingerprint density at radius 2 is 2.43 bits per heavy atom. The van der Waals surface area contributed by atoms with E-state index >= 15 is 0 Å². The van der Waals surface area contributed by atoms with Gasteiger partial charge in [-0.3, -0.25) is 4.98 Å². The van der Waals surface area contributed by atoms with Gasteiger partial charge in [0.25, 0.3) is 0 Å². The molecule has 0 spiro atoms. The minimum Gasteiger partial charge on any atom is -0.544 e. The molecule has 4 nitrogen and oxygen atoms in total. The number of carboxylic acids is 1. The van der Waals surface area contributed by atoms with Crippen LogP contribution in [-0.2, 0) is 4.79 Å². The molecule has 1 aromatic rings. The van der Waals surface area contributed by atoms with E-state index in [1.54, 1.807) is 12.4 Å². The van der Waals surface area contributed by atoms with Gasteiger partial charge >= 0.3 is 0 Å². The van der Waals surface area contributed by atoms with E-state index in [-0.39, 0.29) is 12.1 Å². The first-order valence-electron chi connectivity index (χ1n) is 4.73. The van der Waals surface area contributed by atoms with Crippen LogP contribution in [0.3, 0.4) is 0 Å². The molecule has 4 heteroatoms. The van der Waals surface area contributed by atoms with Crippen LogP contribution in [-0.4, -0.2) is 17.0 Å². The number of pyridine rings is 1. The first kappa shape index (κ1) is 9.15. The molecule has 1 aromatic heterocycles. The molecule has 1 aliphatic rings. The van der Waals surface area contributed by atoms with E-state index in [0.29, 0.717) is 6.42 Å². The van der Waals surface area contributed by atoms with E-state index in [4.69, 9.17) is 0 Å². The first-order chi connectivity index (χ1) is 6.77. The maximum atomic E-state index is 10.6. The molecule has 74 valence electrons. The van der Waals surface area contributed by atoms with Crippen molar-refractivity contribution in [1.29, 1.82) is 0 Å². The van der Waals surface area contributed by atoms with Crippen LogP contribution in [0.5, 0.6) is 0 Å². The summed E-state index contributed by atoms with van der Waals surface area (Å²) in [7, 11) is 0. The van der Waals surface area contributed by atoms with Crippen LogP contribution < -0.4 is 10.4 Å². The number of nitrogens with zero attached hydrogens (tertiary/aromatic N) is 1. The Morgan fingerprint density at radius 1 is 1.57 bits per heavy atom. The van der Waals surface area contributed by atoms with E-state index in [1.807, 2.05) is 17.4 Å². The standard InChI is InChI=1S/C10H12N2O2/c13-10(14)9-4-3-8(12-9)7-2-1-5-11-6-7/h1-2,5-6,8-9,12H,3-4H2,(H,13,14)/t8-,9-/m0/s1. The van der Waals surface area contributed by atoms with Crippen LogP contribution in [0.15, 0.2) is 24.5 Å². The summed E-state index contributed by atoms with van der Waals surface area (Å²) < 4.78 is 0. The number of carboxylic acid groups (broad SMARTS) is 1. The van der Waals surface area contributed by atoms with Crippen molar-refractivity contribution in [2.45, 2.75) is 24.9 Å². The molecule has 1 saturated heterocycles. The van der Waals surface area contributed by atoms with Gasteiger partial charge in [0.1, 0.15) is 12.1 Å². The molecule has 0 bridgehead atoms. The number of aromatic nitrogens is 1. The molecule has 0 radical (unpaired) electrons. The molecule has 0 aromatic carbocycles. The lowest BCUT2D eigenvalue weighted by atomic mass is 10.1. The van der Waals surface area contributed by atoms with Crippen LogP contribution in [0.1, 0.15) is 24.4 Å². The van der Waals surface area contributed by atoms with Crippen LogP contribution in [0.2, 0.25) is 0 Å². The summed E-state index contributed by atoms with van der Waals surface area (Å²) in [6.07, 6.45) is 5.07. The monoisotopic (exact) mass is 192 g/mol. The highest BCUT2D eigenvalue weighted by molar-refractivity contribution is 5.69. The fourth-order valence-corrected chi connectivity index (χ4v) is 1.90. The smallest absolute Gasteiger partial charge is 0.127 e. The zero-order chi connectivity index (χ0) is 9.97. The average molecular weight is 192 g/mol. The van der Waals surface area contributed by atoms with Crippen molar-refractivity contribution in [2.24, 2.45) is 0 Å². The van der Waals surface area contributed by atoms with Gasteiger partial charge in [0, 0.05) is 30.8 Å². The zero-order valence-corrected chi connectivity index (χ0v) is 7.72. The number of nitrogens with two attached hydrogens (primary N) is 1. The average Bonchev–Trinajstić information content (AvgIpc) is 2.68. The molecule has 1 aliphatic heterocycles. The molecule has 2 heterocycles. The number of hydrogen-bond donors (Lipinski definition) is 1. The van der Waals surface area contributed by atoms with E-state index in [2.05, 4.69) is 4.98 Å². The molecule has 0 saturated carbocycles. The van der Waals surface area contributed by atoms with E-state index in [1.165, 1.54) is 0 Å². The van der Waals surface area contributed by atoms with E-state index in [0.717, 1.165) is 12.0 Å². The summed E-state index contributed by atoms with van der Waals surface area (Å²) in [5.41, 5.74) is 1.09. The van der Waals surface area contributed by atoms with Crippen molar-refractivity contribution < 1.29 is 15.2 Å². The van der Waals surface area contributed by atoms with Crippen molar-refractivity contribution in [2.75, 3.05) is 0 Å². The minimum absolute atomic E-state index is 0.228. The molecular weight excluding hydrogens is 180 g/mol. The molecule has 1 fully saturated rings. The molecular formula is C10H12N2O2. The topological polar surface area (TPSA) is 69.6 Å². The Kier molecular flexibility index (Phi) is 2.45. The van der Waals surface area contributed by atoms with Gasteiger partial charge in [-0.05, 0) is 6.07 Å². The maximum Gasteiger partial charge on any atom is 0.127 e. The SMILES string of the molecule is O=C([O-])[C@@H]1CC[C@@H](c2cccnc2)[NH2+]1. The van der Waals surface area contributed by atoms with Crippen molar-refractivity contribution >= 4 is 5.97 Å². The zero-order valence-electron chi connectivity index (χ0n) is 7.72. The summed E-state index contributed by atoms with van der Waals surface area (Å²) in [5.74, 6) is -0.962. The fraction of sp³-hybridized carbons (Fsp3) is 0.400. The lowest BCUT2D eigenvalue weighted by Crippen LogP contribution is -2.90. The maximum absolute atomic E-state index is 10.6. The van der Waals surface area contributed by atoms with Gasteiger partial charge in [-0.15, -0.1) is 0 Å². The highest BCUT2D eigenvalue weighted by atomic mass is 16.4. The van der Waals surface area contributed by atoms with E-state index < -0.39 is 5.97 Å². The Morgan fingerprint density at radius 3 is 3.00 bits per heavy atom. The Hall–Kier alpha value is -1.42. The van der Waals surface area contributed by atoms with Crippen molar-refractivity contribution in [3.63, 3.8) is 0 Å². The number of hydrogen-bond acceptors (Lipinski definition) is 3. The van der Waals surface area contributed by atoms with Gasteiger partial charge in [0.2, 0.25) is 0 Å². The van der Waals surface area contributed by atoms with Gasteiger partial charge in [-0.2, -0.15) is 0 Å². The van der Waals surface area contributed by atoms with Crippen molar-refractivity contribution in [1.82, 2.24) is 4.98 Å². The van der Waals surface area contributed by atoms with Gasteiger partial charge in [0.05, 0.1) is 5.97 Å². The number of aliphatic carboxylic acids is 1. The predicted octanol–water partition coefficient (Wildman–Crippen LogP) is -1.40. The molecule has 0 unspecified atom stereocenters. The van der Waals surface area contributed by atoms with Crippen molar-refractivity contribution in [3.8, 4) is 0 Å². The second-order valence-corrected chi connectivity index (χ2v) is 3.59. The van der Waals surface area contributed by atoms with Crippen LogP contribution >= 0.6 is 0 Å². The Bertz CT molecular complexity index is 326. The Balaban J connectivity index is 2.06. The highest BCUT2D eigenvalue weighted by Crippen LogP contribution is 2.18. The molecule has 2 N–H and O–H groups in total. The quantitative estimate of drug-likeness (QED) is 0.626. The van der Waals surface area contributed by atoms with Gasteiger partial charge in [0.15, 0.2) is 0 Å². The second kappa shape index (κ2) is 3.75. The third-order valence-corrected chi connectivity index (χ3v) is 2.67. The van der Waals surface area contributed by atoms with Gasteiger partial charge < -0.3 is 15.2 Å². The third kappa shape index (κ3) is 1.75. The summed E-state index contributed by atoms with van der Waals surface area (Å²) in [4.78, 5) is 14.6.